The van der Waals surface area contributed by atoms with Crippen LogP contribution in [0.4, 0.5) is 11.5 Å². The highest BCUT2D eigenvalue weighted by molar-refractivity contribution is 6.42. The van der Waals surface area contributed by atoms with Crippen molar-refractivity contribution in [2.45, 2.75) is 0 Å². The van der Waals surface area contributed by atoms with Crippen molar-refractivity contribution >= 4 is 57.4 Å². The van der Waals surface area contributed by atoms with Crippen molar-refractivity contribution in [2.75, 3.05) is 18.2 Å². The number of carbonyl (C=O) groups excluding carboxylic acids is 2. The molecule has 4 rings (SSSR count). The number of benzene rings is 3. The average molecular weight is 454 g/mol. The Bertz CT molecular complexity index is 1330. The van der Waals surface area contributed by atoms with Gasteiger partial charge in [0.25, 0.3) is 11.8 Å². The largest absolute Gasteiger partial charge is 0.497 e. The van der Waals surface area contributed by atoms with Gasteiger partial charge < -0.3 is 15.8 Å². The summed E-state index contributed by atoms with van der Waals surface area (Å²) in [5.74, 6) is -0.240. The van der Waals surface area contributed by atoms with Crippen molar-refractivity contribution in [1.29, 1.82) is 0 Å². The van der Waals surface area contributed by atoms with E-state index in [0.29, 0.717) is 32.9 Å². The zero-order valence-electron chi connectivity index (χ0n) is 16.4. The van der Waals surface area contributed by atoms with Gasteiger partial charge in [-0.15, -0.1) is 0 Å². The van der Waals surface area contributed by atoms with E-state index < -0.39 is 11.8 Å². The van der Waals surface area contributed by atoms with E-state index in [-0.39, 0.29) is 16.4 Å². The second kappa shape index (κ2) is 8.34. The Kier molecular flexibility index (Phi) is 5.59. The molecular weight excluding hydrogens is 437 g/mol. The first-order valence-corrected chi connectivity index (χ1v) is 10.0. The second-order valence-electron chi connectivity index (χ2n) is 6.73. The van der Waals surface area contributed by atoms with Crippen LogP contribution in [0.25, 0.3) is 10.9 Å². The fourth-order valence-corrected chi connectivity index (χ4v) is 3.67. The summed E-state index contributed by atoms with van der Waals surface area (Å²) in [5.41, 5.74) is 7.87. The first kappa shape index (κ1) is 20.8. The molecule has 0 spiro atoms. The molecule has 4 aromatic rings. The molecule has 0 saturated heterocycles. The lowest BCUT2D eigenvalue weighted by Gasteiger charge is -2.09. The predicted octanol–water partition coefficient (Wildman–Crippen LogP) is 5.48. The number of anilines is 2. The highest BCUT2D eigenvalue weighted by Gasteiger charge is 2.25. The molecule has 0 atom stereocenters. The molecule has 31 heavy (non-hydrogen) atoms. The van der Waals surface area contributed by atoms with Gasteiger partial charge in [-0.05, 0) is 36.4 Å². The van der Waals surface area contributed by atoms with Crippen LogP contribution in [0, 0.1) is 0 Å². The van der Waals surface area contributed by atoms with Crippen LogP contribution >= 0.6 is 23.2 Å². The maximum atomic E-state index is 13.3. The summed E-state index contributed by atoms with van der Waals surface area (Å²) in [5, 5.41) is 3.95. The molecule has 156 valence electrons. The molecular formula is C23H17Cl2N3O3. The number of nitrogens with zero attached hydrogens (tertiary/aromatic N) is 1. The van der Waals surface area contributed by atoms with Crippen molar-refractivity contribution in [3.8, 4) is 5.75 Å². The van der Waals surface area contributed by atoms with Gasteiger partial charge in [-0.2, -0.15) is 0 Å². The summed E-state index contributed by atoms with van der Waals surface area (Å²) in [6.07, 6.45) is 0. The average Bonchev–Trinajstić information content (AvgIpc) is 3.07. The molecule has 0 bridgehead atoms. The lowest BCUT2D eigenvalue weighted by Crippen LogP contribution is -2.18. The third-order valence-electron chi connectivity index (χ3n) is 4.84. The van der Waals surface area contributed by atoms with Crippen LogP contribution in [0.5, 0.6) is 5.75 Å². The Morgan fingerprint density at radius 1 is 0.968 bits per heavy atom. The normalized spacial score (nSPS) is 10.8. The molecule has 0 unspecified atom stereocenters. The van der Waals surface area contributed by atoms with Crippen molar-refractivity contribution in [2.24, 2.45) is 0 Å². The molecule has 0 aliphatic rings. The fourth-order valence-electron chi connectivity index (χ4n) is 3.37. The molecule has 0 aliphatic carbocycles. The number of amides is 1. The molecule has 6 nitrogen and oxygen atoms in total. The topological polar surface area (TPSA) is 86.3 Å². The third kappa shape index (κ3) is 3.83. The lowest BCUT2D eigenvalue weighted by atomic mass is 10.1. The van der Waals surface area contributed by atoms with Gasteiger partial charge in [0.05, 0.1) is 28.2 Å². The molecule has 1 heterocycles. The number of aromatic nitrogens is 1. The van der Waals surface area contributed by atoms with E-state index in [9.17, 15) is 9.59 Å². The maximum Gasteiger partial charge on any atom is 0.264 e. The smallest absolute Gasteiger partial charge is 0.264 e. The van der Waals surface area contributed by atoms with Crippen LogP contribution in [-0.2, 0) is 0 Å². The van der Waals surface area contributed by atoms with E-state index in [1.807, 2.05) is 0 Å². The number of para-hydroxylation sites is 1. The van der Waals surface area contributed by atoms with E-state index in [0.717, 1.165) is 0 Å². The fraction of sp³-hybridized carbons (Fsp3) is 0.0435. The second-order valence-corrected chi connectivity index (χ2v) is 7.55. The summed E-state index contributed by atoms with van der Waals surface area (Å²) >= 11 is 12.0. The number of nitrogens with two attached hydrogens (primary N) is 1. The van der Waals surface area contributed by atoms with Crippen molar-refractivity contribution in [3.63, 3.8) is 0 Å². The zero-order chi connectivity index (χ0) is 22.1. The number of hydrogen-bond acceptors (Lipinski definition) is 4. The SMILES string of the molecule is COc1cccc(NC(=O)c2c(N)n(C(=O)c3ccc(Cl)c(Cl)c3)c3ccccc23)c1. The van der Waals surface area contributed by atoms with Crippen LogP contribution in [0.3, 0.4) is 0 Å². The summed E-state index contributed by atoms with van der Waals surface area (Å²) in [6.45, 7) is 0. The molecule has 1 aromatic heterocycles. The third-order valence-corrected chi connectivity index (χ3v) is 5.57. The number of methoxy groups -OCH3 is 1. The minimum absolute atomic E-state index is 0.0256. The quantitative estimate of drug-likeness (QED) is 0.428. The van der Waals surface area contributed by atoms with Crippen LogP contribution in [-0.4, -0.2) is 23.5 Å². The Morgan fingerprint density at radius 2 is 1.74 bits per heavy atom. The van der Waals surface area contributed by atoms with Crippen LogP contribution in [0.15, 0.2) is 66.7 Å². The van der Waals surface area contributed by atoms with Gasteiger partial charge in [0.15, 0.2) is 0 Å². The van der Waals surface area contributed by atoms with E-state index in [4.69, 9.17) is 33.7 Å². The van der Waals surface area contributed by atoms with Crippen LogP contribution in [0.1, 0.15) is 20.7 Å². The van der Waals surface area contributed by atoms with Crippen LogP contribution in [0.2, 0.25) is 10.0 Å². The Balaban J connectivity index is 1.80. The van der Waals surface area contributed by atoms with Gasteiger partial charge in [0.2, 0.25) is 0 Å². The molecule has 0 radical (unpaired) electrons. The van der Waals surface area contributed by atoms with Gasteiger partial charge in [-0.25, -0.2) is 0 Å². The van der Waals surface area contributed by atoms with Gasteiger partial charge in [0, 0.05) is 22.7 Å². The number of halogens is 2. The minimum Gasteiger partial charge on any atom is -0.497 e. The molecule has 0 saturated carbocycles. The lowest BCUT2D eigenvalue weighted by molar-refractivity contribution is 0.0967. The molecule has 0 fully saturated rings. The van der Waals surface area contributed by atoms with Gasteiger partial charge in [0.1, 0.15) is 11.6 Å². The van der Waals surface area contributed by atoms with E-state index in [1.54, 1.807) is 61.7 Å². The molecule has 1 amide bonds. The van der Waals surface area contributed by atoms with Gasteiger partial charge in [-0.1, -0.05) is 47.5 Å². The highest BCUT2D eigenvalue weighted by atomic mass is 35.5. The summed E-state index contributed by atoms with van der Waals surface area (Å²) in [6, 6.07) is 18.5. The zero-order valence-corrected chi connectivity index (χ0v) is 17.9. The predicted molar refractivity (Wildman–Crippen MR) is 123 cm³/mol. The van der Waals surface area contributed by atoms with Crippen molar-refractivity contribution < 1.29 is 14.3 Å². The molecule has 3 N–H and O–H groups in total. The van der Waals surface area contributed by atoms with E-state index in [2.05, 4.69) is 5.32 Å². The van der Waals surface area contributed by atoms with Gasteiger partial charge >= 0.3 is 0 Å². The minimum atomic E-state index is -0.442. The Morgan fingerprint density at radius 3 is 2.48 bits per heavy atom. The maximum absolute atomic E-state index is 13.3. The number of carbonyl (C=O) groups is 2. The molecule has 3 aromatic carbocycles. The monoisotopic (exact) mass is 453 g/mol. The summed E-state index contributed by atoms with van der Waals surface area (Å²) in [7, 11) is 1.54. The number of ether oxygens (including phenoxy) is 1. The number of hydrogen-bond donors (Lipinski definition) is 2. The van der Waals surface area contributed by atoms with Gasteiger partial charge in [-0.3, -0.25) is 14.2 Å². The molecule has 8 heteroatoms. The molecule has 0 aliphatic heterocycles. The summed E-state index contributed by atoms with van der Waals surface area (Å²) < 4.78 is 6.49. The summed E-state index contributed by atoms with van der Waals surface area (Å²) in [4.78, 5) is 26.4. The van der Waals surface area contributed by atoms with E-state index >= 15 is 0 Å². The number of nitrogen functional groups attached to an aromatic ring is 1. The number of nitrogens with one attached hydrogen (secondary N) is 1. The Hall–Kier alpha value is -3.48. The van der Waals surface area contributed by atoms with Crippen LogP contribution < -0.4 is 15.8 Å². The Labute approximate surface area is 188 Å². The van der Waals surface area contributed by atoms with E-state index in [1.165, 1.54) is 16.7 Å². The standard InChI is InChI=1S/C23H17Cl2N3O3/c1-31-15-6-4-5-14(12-15)27-22(29)20-16-7-2-3-8-19(16)28(21(20)26)23(30)13-9-10-17(24)18(25)11-13/h2-12H,26H2,1H3,(H,27,29). The van der Waals surface area contributed by atoms with Crippen molar-refractivity contribution in [1.82, 2.24) is 4.57 Å². The van der Waals surface area contributed by atoms with Crippen molar-refractivity contribution in [3.05, 3.63) is 87.9 Å². The first-order chi connectivity index (χ1) is 14.9. The highest BCUT2D eigenvalue weighted by Crippen LogP contribution is 2.31. The number of fused-ring (bicyclic) bond motifs is 1. The first-order valence-electron chi connectivity index (χ1n) is 9.24. The number of rotatable bonds is 4.